The second kappa shape index (κ2) is 6.00. The number of nitrogens with zero attached hydrogens (tertiary/aromatic N) is 1. The molecule has 0 amide bonds. The number of hydrogen-bond acceptors (Lipinski definition) is 3. The van der Waals surface area contributed by atoms with Gasteiger partial charge in [0, 0.05) is 25.5 Å². The van der Waals surface area contributed by atoms with Crippen molar-refractivity contribution >= 4 is 11.6 Å². The molecule has 1 aliphatic rings. The average molecular weight is 297 g/mol. The summed E-state index contributed by atoms with van der Waals surface area (Å²) in [6.07, 6.45) is 8.50. The summed E-state index contributed by atoms with van der Waals surface area (Å²) in [4.78, 5) is 4.02. The van der Waals surface area contributed by atoms with Gasteiger partial charge in [-0.05, 0) is 49.1 Å². The number of aromatic nitrogens is 1. The summed E-state index contributed by atoms with van der Waals surface area (Å²) in [6, 6.07) is 1.90. The molecule has 0 aromatic carbocycles. The van der Waals surface area contributed by atoms with E-state index in [1.165, 1.54) is 0 Å². The van der Waals surface area contributed by atoms with Gasteiger partial charge in [-0.3, -0.25) is 4.98 Å². The first-order valence-electron chi connectivity index (χ1n) is 7.28. The molecule has 2 rings (SSSR count). The van der Waals surface area contributed by atoms with Gasteiger partial charge in [-0.1, -0.05) is 25.4 Å². The van der Waals surface area contributed by atoms with Crippen molar-refractivity contribution in [2.75, 3.05) is 7.11 Å². The monoisotopic (exact) mass is 296 g/mol. The first-order chi connectivity index (χ1) is 9.38. The molecule has 1 saturated carbocycles. The van der Waals surface area contributed by atoms with Crippen LogP contribution in [0.25, 0.3) is 0 Å². The predicted octanol–water partition coefficient (Wildman–Crippen LogP) is 3.59. The van der Waals surface area contributed by atoms with Crippen molar-refractivity contribution < 1.29 is 4.74 Å². The molecule has 0 spiro atoms. The molecule has 1 fully saturated rings. The van der Waals surface area contributed by atoms with E-state index in [0.717, 1.165) is 37.7 Å². The molecule has 1 unspecified atom stereocenters. The van der Waals surface area contributed by atoms with Crippen LogP contribution in [0.5, 0.6) is 0 Å². The molecule has 20 heavy (non-hydrogen) atoms. The minimum absolute atomic E-state index is 0.0384. The molecule has 0 aliphatic heterocycles. The zero-order valence-electron chi connectivity index (χ0n) is 12.7. The van der Waals surface area contributed by atoms with Crippen LogP contribution >= 0.6 is 11.6 Å². The molecule has 1 aromatic heterocycles. The first-order valence-corrected chi connectivity index (χ1v) is 7.65. The third-order valence-electron chi connectivity index (χ3n) is 4.83. The quantitative estimate of drug-likeness (QED) is 0.923. The van der Waals surface area contributed by atoms with E-state index in [2.05, 4.69) is 18.8 Å². The minimum atomic E-state index is -0.220. The van der Waals surface area contributed by atoms with Crippen LogP contribution in [0.2, 0.25) is 5.02 Å². The largest absolute Gasteiger partial charge is 0.377 e. The van der Waals surface area contributed by atoms with Crippen LogP contribution in [-0.4, -0.2) is 23.7 Å². The summed E-state index contributed by atoms with van der Waals surface area (Å²) in [5.41, 5.74) is 7.71. The molecule has 1 aliphatic carbocycles. The normalized spacial score (nSPS) is 22.4. The van der Waals surface area contributed by atoms with Crippen molar-refractivity contribution in [1.82, 2.24) is 4.98 Å². The summed E-state index contributed by atoms with van der Waals surface area (Å²) in [5.74, 6) is 0. The smallest absolute Gasteiger partial charge is 0.0832 e. The number of pyridine rings is 1. The van der Waals surface area contributed by atoms with Crippen LogP contribution in [0, 0.1) is 5.41 Å². The second-order valence-electron chi connectivity index (χ2n) is 6.71. The minimum Gasteiger partial charge on any atom is -0.377 e. The number of methoxy groups -OCH3 is 1. The van der Waals surface area contributed by atoms with E-state index >= 15 is 0 Å². The fraction of sp³-hybridized carbons (Fsp3) is 0.688. The molecule has 0 bridgehead atoms. The third-order valence-corrected chi connectivity index (χ3v) is 5.17. The molecular formula is C16H25ClN2O. The molecule has 1 aromatic rings. The Morgan fingerprint density at radius 2 is 2.00 bits per heavy atom. The summed E-state index contributed by atoms with van der Waals surface area (Å²) in [6.45, 7) is 4.63. The van der Waals surface area contributed by atoms with Crippen molar-refractivity contribution in [3.8, 4) is 0 Å². The van der Waals surface area contributed by atoms with Crippen LogP contribution in [0.15, 0.2) is 18.5 Å². The lowest BCUT2D eigenvalue weighted by molar-refractivity contribution is -0.0781. The maximum absolute atomic E-state index is 6.48. The lowest BCUT2D eigenvalue weighted by atomic mass is 9.68. The Hall–Kier alpha value is -0.640. The first kappa shape index (κ1) is 15.7. The van der Waals surface area contributed by atoms with Gasteiger partial charge in [-0.2, -0.15) is 0 Å². The maximum atomic E-state index is 6.48. The average Bonchev–Trinajstić information content (AvgIpc) is 2.42. The van der Waals surface area contributed by atoms with Gasteiger partial charge in [0.2, 0.25) is 0 Å². The fourth-order valence-electron chi connectivity index (χ4n) is 3.07. The van der Waals surface area contributed by atoms with Crippen LogP contribution in [0.3, 0.4) is 0 Å². The SMILES string of the molecule is COC1(C(N)Cc2ccncc2Cl)CCC(C)(C)CC1. The third kappa shape index (κ3) is 3.33. The molecule has 1 atom stereocenters. The van der Waals surface area contributed by atoms with Gasteiger partial charge >= 0.3 is 0 Å². The van der Waals surface area contributed by atoms with Crippen LogP contribution < -0.4 is 5.73 Å². The number of rotatable bonds is 4. The van der Waals surface area contributed by atoms with Gasteiger partial charge < -0.3 is 10.5 Å². The van der Waals surface area contributed by atoms with Crippen molar-refractivity contribution in [2.45, 2.75) is 57.6 Å². The van der Waals surface area contributed by atoms with E-state index in [1.807, 2.05) is 6.07 Å². The highest BCUT2D eigenvalue weighted by atomic mass is 35.5. The topological polar surface area (TPSA) is 48.1 Å². The Bertz CT molecular complexity index is 452. The Balaban J connectivity index is 2.10. The van der Waals surface area contributed by atoms with E-state index in [-0.39, 0.29) is 11.6 Å². The standard InChI is InChI=1S/C16H25ClN2O/c1-15(2)5-7-16(20-3,8-6-15)14(18)10-12-4-9-19-11-13(12)17/h4,9,11,14H,5-8,10,18H2,1-3H3. The Kier molecular flexibility index (Phi) is 4.73. The molecule has 112 valence electrons. The van der Waals surface area contributed by atoms with Crippen LogP contribution in [0.1, 0.15) is 45.1 Å². The molecular weight excluding hydrogens is 272 g/mol. The van der Waals surface area contributed by atoms with E-state index in [9.17, 15) is 0 Å². The molecule has 0 radical (unpaired) electrons. The van der Waals surface area contributed by atoms with E-state index < -0.39 is 0 Å². The van der Waals surface area contributed by atoms with Gasteiger partial charge in [0.15, 0.2) is 0 Å². The Labute approximate surface area is 126 Å². The van der Waals surface area contributed by atoms with Crippen molar-refractivity contribution in [1.29, 1.82) is 0 Å². The molecule has 1 heterocycles. The number of nitrogens with two attached hydrogens (primary N) is 1. The summed E-state index contributed by atoms with van der Waals surface area (Å²) in [5, 5.41) is 0.686. The van der Waals surface area contributed by atoms with Crippen molar-refractivity contribution in [3.05, 3.63) is 29.0 Å². The maximum Gasteiger partial charge on any atom is 0.0832 e. The van der Waals surface area contributed by atoms with Gasteiger partial charge in [0.25, 0.3) is 0 Å². The van der Waals surface area contributed by atoms with Gasteiger partial charge in [0.1, 0.15) is 0 Å². The fourth-order valence-corrected chi connectivity index (χ4v) is 3.27. The highest BCUT2D eigenvalue weighted by Gasteiger charge is 2.42. The number of halogens is 1. The lowest BCUT2D eigenvalue weighted by Crippen LogP contribution is -2.53. The number of ether oxygens (including phenoxy) is 1. The highest BCUT2D eigenvalue weighted by Crippen LogP contribution is 2.43. The van der Waals surface area contributed by atoms with Crippen LogP contribution in [-0.2, 0) is 11.2 Å². The van der Waals surface area contributed by atoms with Crippen molar-refractivity contribution in [3.63, 3.8) is 0 Å². The van der Waals surface area contributed by atoms with Gasteiger partial charge in [-0.25, -0.2) is 0 Å². The van der Waals surface area contributed by atoms with E-state index in [4.69, 9.17) is 22.1 Å². The highest BCUT2D eigenvalue weighted by molar-refractivity contribution is 6.31. The van der Waals surface area contributed by atoms with Gasteiger partial charge in [0.05, 0.1) is 10.6 Å². The van der Waals surface area contributed by atoms with E-state index in [0.29, 0.717) is 10.4 Å². The van der Waals surface area contributed by atoms with Crippen LogP contribution in [0.4, 0.5) is 0 Å². The molecule has 2 N–H and O–H groups in total. The Morgan fingerprint density at radius 1 is 1.35 bits per heavy atom. The number of hydrogen-bond donors (Lipinski definition) is 1. The van der Waals surface area contributed by atoms with Gasteiger partial charge in [-0.15, -0.1) is 0 Å². The zero-order valence-corrected chi connectivity index (χ0v) is 13.4. The molecule has 4 heteroatoms. The van der Waals surface area contributed by atoms with Crippen molar-refractivity contribution in [2.24, 2.45) is 11.1 Å². The lowest BCUT2D eigenvalue weighted by Gasteiger charge is -2.46. The molecule has 3 nitrogen and oxygen atoms in total. The van der Waals surface area contributed by atoms with E-state index in [1.54, 1.807) is 19.5 Å². The molecule has 0 saturated heterocycles. The summed E-state index contributed by atoms with van der Waals surface area (Å²) >= 11 is 6.18. The summed E-state index contributed by atoms with van der Waals surface area (Å²) in [7, 11) is 1.78. The zero-order chi connectivity index (χ0) is 14.8. The second-order valence-corrected chi connectivity index (χ2v) is 7.12. The summed E-state index contributed by atoms with van der Waals surface area (Å²) < 4.78 is 5.86. The predicted molar refractivity (Wildman–Crippen MR) is 82.9 cm³/mol. The Morgan fingerprint density at radius 3 is 2.55 bits per heavy atom.